The number of quaternary nitrogens is 1. The van der Waals surface area contributed by atoms with Crippen molar-refractivity contribution in [3.63, 3.8) is 0 Å². The van der Waals surface area contributed by atoms with Gasteiger partial charge in [0.05, 0.1) is 19.8 Å². The van der Waals surface area contributed by atoms with Gasteiger partial charge >= 0.3 is 0 Å². The lowest BCUT2D eigenvalue weighted by molar-refractivity contribution is -0.879. The number of hydrogen-bond donors (Lipinski definition) is 3. The van der Waals surface area contributed by atoms with Crippen LogP contribution in [0.1, 0.15) is 90.9 Å². The number of carbonyl (C=O) groups is 1. The van der Waals surface area contributed by atoms with E-state index in [1.54, 1.807) is 6.92 Å². The molecular formula is C20H44N2O4. The lowest BCUT2D eigenvalue weighted by Crippen LogP contribution is -2.46. The number of unbranched alkanes of at least 4 members (excludes halogenated alkanes) is 10. The quantitative estimate of drug-likeness (QED) is 0.205. The Bertz CT molecular complexity index is 296. The third kappa shape index (κ3) is 21.4. The van der Waals surface area contributed by atoms with E-state index in [4.69, 9.17) is 15.9 Å². The maximum Gasteiger partial charge on any atom is 0.217 e. The Hall–Kier alpha value is -0.690. The number of rotatable bonds is 17. The molecule has 0 heterocycles. The Morgan fingerprint density at radius 3 is 1.50 bits per heavy atom. The maximum atomic E-state index is 11.3. The normalized spacial score (nSPS) is 11.1. The van der Waals surface area contributed by atoms with Crippen LogP contribution in [0, 0.1) is 5.21 Å². The first-order chi connectivity index (χ1) is 12.5. The van der Waals surface area contributed by atoms with Gasteiger partial charge in [-0.25, -0.2) is 0 Å². The van der Waals surface area contributed by atoms with Crippen LogP contribution in [0.2, 0.25) is 0 Å². The molecule has 6 heteroatoms. The molecular weight excluding hydrogens is 332 g/mol. The van der Waals surface area contributed by atoms with Crippen molar-refractivity contribution in [2.24, 2.45) is 5.73 Å². The van der Waals surface area contributed by atoms with Crippen LogP contribution in [0.5, 0.6) is 0 Å². The monoisotopic (exact) mass is 376 g/mol. The molecule has 4 N–H and O–H groups in total. The molecule has 0 fully saturated rings. The summed E-state index contributed by atoms with van der Waals surface area (Å²) in [4.78, 5) is 10.5. The fourth-order valence-electron chi connectivity index (χ4n) is 2.76. The molecule has 6 nitrogen and oxygen atoms in total. The van der Waals surface area contributed by atoms with Gasteiger partial charge in [-0.05, 0) is 13.3 Å². The third-order valence-corrected chi connectivity index (χ3v) is 4.62. The average Bonchev–Trinajstić information content (AvgIpc) is 2.60. The Labute approximate surface area is 160 Å². The molecule has 0 unspecified atom stereocenters. The first kappa shape index (κ1) is 27.5. The molecule has 0 aromatic carbocycles. The van der Waals surface area contributed by atoms with Crippen LogP contribution < -0.4 is 5.73 Å². The molecule has 0 radical (unpaired) electrons. The van der Waals surface area contributed by atoms with E-state index >= 15 is 0 Å². The van der Waals surface area contributed by atoms with Crippen LogP contribution in [-0.4, -0.2) is 53.6 Å². The molecule has 0 atom stereocenters. The second kappa shape index (κ2) is 20.6. The summed E-state index contributed by atoms with van der Waals surface area (Å²) < 4.78 is -0.493. The highest BCUT2D eigenvalue weighted by Gasteiger charge is 2.11. The van der Waals surface area contributed by atoms with Gasteiger partial charge < -0.3 is 25.8 Å². The number of amides is 1. The number of hydrogen-bond acceptors (Lipinski definition) is 4. The average molecular weight is 377 g/mol. The van der Waals surface area contributed by atoms with Crippen LogP contribution in [0.25, 0.3) is 0 Å². The highest BCUT2D eigenvalue weighted by molar-refractivity contribution is 5.73. The van der Waals surface area contributed by atoms with E-state index in [1.165, 1.54) is 64.2 Å². The summed E-state index contributed by atoms with van der Waals surface area (Å²) in [5.41, 5.74) is 5.07. The summed E-state index contributed by atoms with van der Waals surface area (Å²) in [6, 6.07) is 0. The van der Waals surface area contributed by atoms with Gasteiger partial charge in [-0.3, -0.25) is 4.79 Å². The predicted octanol–water partition coefficient (Wildman–Crippen LogP) is 3.48. The molecule has 0 saturated heterocycles. The fourth-order valence-corrected chi connectivity index (χ4v) is 2.76. The van der Waals surface area contributed by atoms with Gasteiger partial charge in [0.2, 0.25) is 5.91 Å². The van der Waals surface area contributed by atoms with Crippen molar-refractivity contribution in [2.45, 2.75) is 90.9 Å². The van der Waals surface area contributed by atoms with Crippen molar-refractivity contribution in [2.75, 3.05) is 32.8 Å². The van der Waals surface area contributed by atoms with Crippen LogP contribution in [0.4, 0.5) is 0 Å². The van der Waals surface area contributed by atoms with Gasteiger partial charge in [-0.15, -0.1) is 0 Å². The molecule has 0 spiro atoms. The number of aliphatic hydroxyl groups is 2. The summed E-state index contributed by atoms with van der Waals surface area (Å²) in [5, 5.41) is 28.2. The lowest BCUT2D eigenvalue weighted by atomic mass is 10.1. The molecule has 26 heavy (non-hydrogen) atoms. The minimum atomic E-state index is -0.493. The first-order valence-corrected chi connectivity index (χ1v) is 10.5. The van der Waals surface area contributed by atoms with Crippen molar-refractivity contribution in [1.29, 1.82) is 0 Å². The summed E-state index contributed by atoms with van der Waals surface area (Å²) in [6.07, 6.45) is 15.0. The summed E-state index contributed by atoms with van der Waals surface area (Å²) in [5.74, 6) is -0.157. The standard InChI is InChI=1S/C14H29NO.C6H15NO3/c1-2-3-4-5-6-7-8-9-10-11-12-13-14(15)16;1-2-7(10,3-5-8)4-6-9/h2-13H2,1H3,(H2,15,16);8-9H,2-6H2,1H3. The molecule has 0 bridgehead atoms. The zero-order valence-corrected chi connectivity index (χ0v) is 17.3. The molecule has 0 aliphatic rings. The minimum absolute atomic E-state index is 0.114. The zero-order chi connectivity index (χ0) is 20.1. The number of carbonyl (C=O) groups excluding carboxylic acids is 1. The summed E-state index contributed by atoms with van der Waals surface area (Å²) in [6.45, 7) is 4.54. The van der Waals surface area contributed by atoms with E-state index in [2.05, 4.69) is 6.92 Å². The molecule has 0 aliphatic heterocycles. The van der Waals surface area contributed by atoms with Crippen molar-refractivity contribution >= 4 is 5.91 Å². The zero-order valence-electron chi connectivity index (χ0n) is 17.3. The van der Waals surface area contributed by atoms with Crippen molar-refractivity contribution < 1.29 is 19.7 Å². The van der Waals surface area contributed by atoms with Crippen molar-refractivity contribution in [1.82, 2.24) is 0 Å². The van der Waals surface area contributed by atoms with Crippen molar-refractivity contribution in [3.05, 3.63) is 5.21 Å². The summed E-state index contributed by atoms with van der Waals surface area (Å²) >= 11 is 0. The van der Waals surface area contributed by atoms with E-state index in [1.807, 2.05) is 0 Å². The first-order valence-electron chi connectivity index (χ1n) is 10.5. The van der Waals surface area contributed by atoms with Gasteiger partial charge in [-0.1, -0.05) is 71.1 Å². The maximum absolute atomic E-state index is 11.3. The Morgan fingerprint density at radius 1 is 0.808 bits per heavy atom. The number of likely N-dealkylation sites (N-methyl/N-ethyl adjacent to an activating group) is 1. The number of aliphatic hydroxyl groups excluding tert-OH is 2. The van der Waals surface area contributed by atoms with E-state index < -0.39 is 4.65 Å². The van der Waals surface area contributed by atoms with Gasteiger partial charge in [0, 0.05) is 6.42 Å². The van der Waals surface area contributed by atoms with E-state index in [9.17, 15) is 10.0 Å². The minimum Gasteiger partial charge on any atom is -0.633 e. The van der Waals surface area contributed by atoms with Gasteiger partial charge in [0.1, 0.15) is 13.1 Å². The smallest absolute Gasteiger partial charge is 0.217 e. The van der Waals surface area contributed by atoms with Gasteiger partial charge in [0.15, 0.2) is 0 Å². The van der Waals surface area contributed by atoms with Crippen LogP contribution in [0.15, 0.2) is 0 Å². The summed E-state index contributed by atoms with van der Waals surface area (Å²) in [7, 11) is 0. The highest BCUT2D eigenvalue weighted by atomic mass is 16.5. The number of nitrogens with two attached hydrogens (primary N) is 1. The molecule has 0 rings (SSSR count). The van der Waals surface area contributed by atoms with Crippen LogP contribution >= 0.6 is 0 Å². The molecule has 0 aromatic rings. The largest absolute Gasteiger partial charge is 0.633 e. The molecule has 0 aliphatic carbocycles. The SMILES string of the molecule is CCCCCCCCCCCCCC(N)=O.CC[N+]([O-])(CCO)CCO. The number of nitrogens with zero attached hydrogens (tertiary/aromatic N) is 1. The molecule has 0 aromatic heterocycles. The Kier molecular flexibility index (Phi) is 21.8. The topological polar surface area (TPSA) is 107 Å². The lowest BCUT2D eigenvalue weighted by Gasteiger charge is -2.40. The number of primary amides is 1. The Balaban J connectivity index is 0. The molecule has 1 amide bonds. The number of hydroxylamine groups is 3. The van der Waals surface area contributed by atoms with E-state index in [0.29, 0.717) is 13.0 Å². The Morgan fingerprint density at radius 2 is 1.19 bits per heavy atom. The highest BCUT2D eigenvalue weighted by Crippen LogP contribution is 2.11. The van der Waals surface area contributed by atoms with Gasteiger partial charge in [-0.2, -0.15) is 0 Å². The third-order valence-electron chi connectivity index (χ3n) is 4.62. The molecule has 158 valence electrons. The van der Waals surface area contributed by atoms with E-state index in [-0.39, 0.29) is 32.2 Å². The predicted molar refractivity (Wildman–Crippen MR) is 108 cm³/mol. The van der Waals surface area contributed by atoms with Crippen molar-refractivity contribution in [3.8, 4) is 0 Å². The van der Waals surface area contributed by atoms with Crippen LogP contribution in [0.3, 0.4) is 0 Å². The van der Waals surface area contributed by atoms with Crippen LogP contribution in [-0.2, 0) is 4.79 Å². The van der Waals surface area contributed by atoms with E-state index in [0.717, 1.165) is 6.42 Å². The van der Waals surface area contributed by atoms with Gasteiger partial charge in [0.25, 0.3) is 0 Å². The fraction of sp³-hybridized carbons (Fsp3) is 0.950. The second-order valence-electron chi connectivity index (χ2n) is 7.02. The molecule has 0 saturated carbocycles. The second-order valence-corrected chi connectivity index (χ2v) is 7.02.